The van der Waals surface area contributed by atoms with Crippen molar-refractivity contribution in [1.29, 1.82) is 0 Å². The third-order valence-electron chi connectivity index (χ3n) is 5.12. The second-order valence-electron chi connectivity index (χ2n) is 6.89. The van der Waals surface area contributed by atoms with Crippen LogP contribution in [0.5, 0.6) is 0 Å². The van der Waals surface area contributed by atoms with Crippen molar-refractivity contribution >= 4 is 16.0 Å². The molecule has 2 aliphatic heterocycles. The first-order valence-electron chi connectivity index (χ1n) is 8.73. The zero-order chi connectivity index (χ0) is 18.1. The summed E-state index contributed by atoms with van der Waals surface area (Å²) in [5, 5.41) is 3.22. The van der Waals surface area contributed by atoms with Gasteiger partial charge >= 0.3 is 0 Å². The normalized spacial score (nSPS) is 26.0. The maximum atomic E-state index is 12.9. The lowest BCUT2D eigenvalue weighted by Crippen LogP contribution is -2.32. The lowest BCUT2D eigenvalue weighted by atomic mass is 9.93. The van der Waals surface area contributed by atoms with Crippen molar-refractivity contribution in [3.63, 3.8) is 0 Å². The fourth-order valence-electron chi connectivity index (χ4n) is 3.71. The Morgan fingerprint density at radius 2 is 2.04 bits per heavy atom. The molecule has 26 heavy (non-hydrogen) atoms. The van der Waals surface area contributed by atoms with Crippen molar-refractivity contribution < 1.29 is 13.2 Å². The van der Waals surface area contributed by atoms with Crippen LogP contribution in [0.25, 0.3) is 0 Å². The summed E-state index contributed by atoms with van der Waals surface area (Å²) in [6, 6.07) is 8.82. The van der Waals surface area contributed by atoms with E-state index in [4.69, 9.17) is 4.74 Å². The SMILES string of the molecule is Cc1cccc(S(=O)(=O)N2C[C@H]3[C@H](CNc4ncccn4)CO[C@H]3C2)c1. The minimum Gasteiger partial charge on any atom is -0.376 e. The third-order valence-corrected chi connectivity index (χ3v) is 6.95. The molecule has 0 amide bonds. The van der Waals surface area contributed by atoms with Crippen LogP contribution in [0.2, 0.25) is 0 Å². The van der Waals surface area contributed by atoms with Crippen LogP contribution in [0, 0.1) is 18.8 Å². The molecule has 0 aliphatic carbocycles. The lowest BCUT2D eigenvalue weighted by Gasteiger charge is -2.20. The average Bonchev–Trinajstić information content (AvgIpc) is 3.22. The van der Waals surface area contributed by atoms with Gasteiger partial charge in [0.25, 0.3) is 0 Å². The van der Waals surface area contributed by atoms with Crippen LogP contribution in [0.3, 0.4) is 0 Å². The quantitative estimate of drug-likeness (QED) is 0.854. The van der Waals surface area contributed by atoms with E-state index in [9.17, 15) is 8.42 Å². The summed E-state index contributed by atoms with van der Waals surface area (Å²) in [4.78, 5) is 8.67. The fourth-order valence-corrected chi connectivity index (χ4v) is 5.30. The summed E-state index contributed by atoms with van der Waals surface area (Å²) in [6.07, 6.45) is 3.34. The van der Waals surface area contributed by atoms with Crippen molar-refractivity contribution in [2.75, 3.05) is 31.6 Å². The van der Waals surface area contributed by atoms with Crippen molar-refractivity contribution in [3.8, 4) is 0 Å². The van der Waals surface area contributed by atoms with E-state index in [1.54, 1.807) is 41.0 Å². The highest BCUT2D eigenvalue weighted by atomic mass is 32.2. The number of nitrogens with zero attached hydrogens (tertiary/aromatic N) is 3. The monoisotopic (exact) mass is 374 g/mol. The molecule has 2 aliphatic rings. The number of fused-ring (bicyclic) bond motifs is 1. The van der Waals surface area contributed by atoms with Gasteiger partial charge in [0.1, 0.15) is 0 Å². The summed E-state index contributed by atoms with van der Waals surface area (Å²) >= 11 is 0. The maximum Gasteiger partial charge on any atom is 0.243 e. The molecule has 2 aromatic rings. The first-order valence-corrected chi connectivity index (χ1v) is 10.2. The van der Waals surface area contributed by atoms with E-state index < -0.39 is 10.0 Å². The zero-order valence-corrected chi connectivity index (χ0v) is 15.4. The van der Waals surface area contributed by atoms with Gasteiger partial charge in [-0.25, -0.2) is 18.4 Å². The Balaban J connectivity index is 1.44. The summed E-state index contributed by atoms with van der Waals surface area (Å²) in [5.74, 6) is 1.01. The Hall–Kier alpha value is -2.03. The smallest absolute Gasteiger partial charge is 0.243 e. The van der Waals surface area contributed by atoms with Gasteiger partial charge in [0, 0.05) is 43.9 Å². The Morgan fingerprint density at radius 1 is 1.23 bits per heavy atom. The number of sulfonamides is 1. The highest BCUT2D eigenvalue weighted by molar-refractivity contribution is 7.89. The van der Waals surface area contributed by atoms with Crippen LogP contribution in [0.4, 0.5) is 5.95 Å². The predicted molar refractivity (Wildman–Crippen MR) is 97.2 cm³/mol. The van der Waals surface area contributed by atoms with E-state index in [1.165, 1.54) is 0 Å². The largest absolute Gasteiger partial charge is 0.376 e. The molecule has 0 unspecified atom stereocenters. The Kier molecular flexibility index (Phi) is 4.64. The van der Waals surface area contributed by atoms with Gasteiger partial charge in [-0.1, -0.05) is 12.1 Å². The molecular formula is C18H22N4O3S. The van der Waals surface area contributed by atoms with Crippen LogP contribution in [-0.2, 0) is 14.8 Å². The summed E-state index contributed by atoms with van der Waals surface area (Å²) in [7, 11) is -3.49. The van der Waals surface area contributed by atoms with E-state index in [-0.39, 0.29) is 17.9 Å². The molecule has 3 heterocycles. The fraction of sp³-hybridized carbons (Fsp3) is 0.444. The van der Waals surface area contributed by atoms with Gasteiger partial charge in [0.2, 0.25) is 16.0 Å². The predicted octanol–water partition coefficient (Wildman–Crippen LogP) is 1.53. The molecule has 2 saturated heterocycles. The Bertz CT molecular complexity index is 875. The Labute approximate surface area is 153 Å². The van der Waals surface area contributed by atoms with E-state index in [0.717, 1.165) is 5.56 Å². The maximum absolute atomic E-state index is 12.9. The van der Waals surface area contributed by atoms with Crippen LogP contribution in [0.15, 0.2) is 47.6 Å². The van der Waals surface area contributed by atoms with E-state index in [2.05, 4.69) is 15.3 Å². The standard InChI is InChI=1S/C18H22N4O3S/c1-13-4-2-5-15(8-13)26(23,24)22-10-16-14(12-25-17(16)11-22)9-21-18-19-6-3-7-20-18/h2-8,14,16-17H,9-12H2,1H3,(H,19,20,21)/t14-,16+,17+/m1/s1. The first kappa shape index (κ1) is 17.4. The molecule has 138 valence electrons. The molecule has 8 heteroatoms. The summed E-state index contributed by atoms with van der Waals surface area (Å²) in [5.41, 5.74) is 0.937. The van der Waals surface area contributed by atoms with Gasteiger partial charge in [-0.15, -0.1) is 0 Å². The molecule has 3 atom stereocenters. The van der Waals surface area contributed by atoms with E-state index in [1.807, 2.05) is 13.0 Å². The molecule has 0 radical (unpaired) electrons. The van der Waals surface area contributed by atoms with Gasteiger partial charge in [0.15, 0.2) is 0 Å². The highest BCUT2D eigenvalue weighted by Gasteiger charge is 2.47. The number of hydrogen-bond acceptors (Lipinski definition) is 6. The Morgan fingerprint density at radius 3 is 2.81 bits per heavy atom. The van der Waals surface area contributed by atoms with Crippen molar-refractivity contribution in [1.82, 2.24) is 14.3 Å². The average molecular weight is 374 g/mol. The molecule has 0 bridgehead atoms. The molecule has 0 saturated carbocycles. The number of aromatic nitrogens is 2. The molecule has 7 nitrogen and oxygen atoms in total. The summed E-state index contributed by atoms with van der Waals surface area (Å²) < 4.78 is 33.3. The number of rotatable bonds is 5. The van der Waals surface area contributed by atoms with E-state index in [0.29, 0.717) is 37.1 Å². The molecule has 1 aromatic carbocycles. The second-order valence-corrected chi connectivity index (χ2v) is 8.83. The third kappa shape index (κ3) is 3.32. The number of aryl methyl sites for hydroxylation is 1. The number of hydrogen-bond donors (Lipinski definition) is 1. The van der Waals surface area contributed by atoms with Gasteiger partial charge in [-0.3, -0.25) is 0 Å². The lowest BCUT2D eigenvalue weighted by molar-refractivity contribution is 0.104. The van der Waals surface area contributed by atoms with Gasteiger partial charge in [0.05, 0.1) is 17.6 Å². The molecule has 1 aromatic heterocycles. The van der Waals surface area contributed by atoms with Gasteiger partial charge < -0.3 is 10.1 Å². The van der Waals surface area contributed by atoms with Crippen LogP contribution in [0.1, 0.15) is 5.56 Å². The van der Waals surface area contributed by atoms with Crippen LogP contribution >= 0.6 is 0 Å². The number of nitrogens with one attached hydrogen (secondary N) is 1. The van der Waals surface area contributed by atoms with Gasteiger partial charge in [-0.2, -0.15) is 4.31 Å². The number of ether oxygens (including phenoxy) is 1. The summed E-state index contributed by atoms with van der Waals surface area (Å²) in [6.45, 7) is 4.10. The second kappa shape index (κ2) is 6.94. The van der Waals surface area contributed by atoms with Crippen LogP contribution < -0.4 is 5.32 Å². The van der Waals surface area contributed by atoms with Crippen molar-refractivity contribution in [3.05, 3.63) is 48.3 Å². The highest BCUT2D eigenvalue weighted by Crippen LogP contribution is 2.36. The minimum absolute atomic E-state index is 0.0434. The topological polar surface area (TPSA) is 84.4 Å². The number of anilines is 1. The van der Waals surface area contributed by atoms with Crippen molar-refractivity contribution in [2.45, 2.75) is 17.9 Å². The van der Waals surface area contributed by atoms with E-state index >= 15 is 0 Å². The first-order chi connectivity index (χ1) is 12.5. The molecule has 0 spiro atoms. The van der Waals surface area contributed by atoms with Crippen molar-refractivity contribution in [2.24, 2.45) is 11.8 Å². The zero-order valence-electron chi connectivity index (χ0n) is 14.6. The number of benzene rings is 1. The molecule has 4 rings (SSSR count). The minimum atomic E-state index is -3.49. The molecular weight excluding hydrogens is 352 g/mol. The molecule has 2 fully saturated rings. The molecule has 1 N–H and O–H groups in total. The van der Waals surface area contributed by atoms with Gasteiger partial charge in [-0.05, 0) is 30.7 Å². The van der Waals surface area contributed by atoms with Crippen LogP contribution in [-0.4, -0.2) is 55.0 Å².